The van der Waals surface area contributed by atoms with E-state index in [1.54, 1.807) is 6.07 Å². The second kappa shape index (κ2) is 4.32. The minimum atomic E-state index is -4.31. The molecule has 0 radical (unpaired) electrons. The summed E-state index contributed by atoms with van der Waals surface area (Å²) in [7, 11) is 0. The highest BCUT2D eigenvalue weighted by molar-refractivity contribution is 5.76. The molecule has 1 spiro atoms. The van der Waals surface area contributed by atoms with Crippen molar-refractivity contribution in [3.8, 4) is 0 Å². The number of anilines is 2. The lowest BCUT2D eigenvalue weighted by atomic mass is 9.80. The summed E-state index contributed by atoms with van der Waals surface area (Å²) in [6.07, 6.45) is 1.24. The van der Waals surface area contributed by atoms with E-state index in [4.69, 9.17) is 0 Å². The first-order valence-electron chi connectivity index (χ1n) is 6.73. The van der Waals surface area contributed by atoms with Crippen molar-refractivity contribution in [3.05, 3.63) is 23.8 Å². The van der Waals surface area contributed by atoms with Gasteiger partial charge in [0.25, 0.3) is 0 Å². The average molecular weight is 270 g/mol. The van der Waals surface area contributed by atoms with Gasteiger partial charge in [0.1, 0.15) is 0 Å². The highest BCUT2D eigenvalue weighted by atomic mass is 19.4. The lowest BCUT2D eigenvalue weighted by Gasteiger charge is -2.43. The first-order valence-corrected chi connectivity index (χ1v) is 6.73. The Morgan fingerprint density at radius 1 is 1.05 bits per heavy atom. The summed E-state index contributed by atoms with van der Waals surface area (Å²) in [6.45, 7) is 0.576. The third kappa shape index (κ3) is 2.26. The molecule has 0 aromatic heterocycles. The lowest BCUT2D eigenvalue weighted by molar-refractivity contribution is -0.137. The number of hydrogen-bond donors (Lipinski definition) is 2. The van der Waals surface area contributed by atoms with Crippen LogP contribution in [0.4, 0.5) is 24.5 Å². The predicted octanol–water partition coefficient (Wildman–Crippen LogP) is 4.25. The molecule has 5 heteroatoms. The molecule has 1 fully saturated rings. The second-order valence-corrected chi connectivity index (χ2v) is 5.55. The summed E-state index contributed by atoms with van der Waals surface area (Å²) in [5.74, 6) is 0. The molecule has 0 saturated heterocycles. The Kier molecular flexibility index (Phi) is 2.87. The minimum absolute atomic E-state index is 0.0600. The van der Waals surface area contributed by atoms with Crippen LogP contribution in [0.5, 0.6) is 0 Å². The number of fused-ring (bicyclic) bond motifs is 1. The zero-order valence-corrected chi connectivity index (χ0v) is 10.6. The molecule has 1 aliphatic heterocycles. The summed E-state index contributed by atoms with van der Waals surface area (Å²) in [5.41, 5.74) is 0.146. The molecular weight excluding hydrogens is 253 g/mol. The van der Waals surface area contributed by atoms with Crippen LogP contribution in [0.15, 0.2) is 18.2 Å². The van der Waals surface area contributed by atoms with Gasteiger partial charge in [0, 0.05) is 6.54 Å². The molecule has 1 heterocycles. The van der Waals surface area contributed by atoms with Crippen LogP contribution in [-0.2, 0) is 6.18 Å². The molecule has 1 aliphatic carbocycles. The average Bonchev–Trinajstić information content (AvgIpc) is 2.37. The second-order valence-electron chi connectivity index (χ2n) is 5.55. The lowest BCUT2D eigenvalue weighted by Crippen LogP contribution is -2.49. The van der Waals surface area contributed by atoms with Gasteiger partial charge in [0.2, 0.25) is 0 Å². The number of alkyl halides is 3. The van der Waals surface area contributed by atoms with Crippen molar-refractivity contribution in [2.45, 2.75) is 43.8 Å². The molecule has 0 amide bonds. The number of para-hydroxylation sites is 1. The van der Waals surface area contributed by atoms with Crippen LogP contribution in [-0.4, -0.2) is 12.1 Å². The zero-order valence-electron chi connectivity index (χ0n) is 10.6. The van der Waals surface area contributed by atoms with E-state index in [-0.39, 0.29) is 11.2 Å². The van der Waals surface area contributed by atoms with Gasteiger partial charge < -0.3 is 10.6 Å². The number of halogens is 3. The Bertz CT molecular complexity index is 476. The van der Waals surface area contributed by atoms with Gasteiger partial charge in [-0.1, -0.05) is 25.3 Å². The SMILES string of the molecule is FC(F)(F)c1cccc2c1NCC1(CCCCC1)N2. The molecule has 0 unspecified atom stereocenters. The summed E-state index contributed by atoms with van der Waals surface area (Å²) in [4.78, 5) is 0. The van der Waals surface area contributed by atoms with Crippen molar-refractivity contribution in [1.82, 2.24) is 0 Å². The molecule has 3 rings (SSSR count). The predicted molar refractivity (Wildman–Crippen MR) is 69.4 cm³/mol. The third-order valence-corrected chi connectivity index (χ3v) is 4.18. The van der Waals surface area contributed by atoms with Crippen LogP contribution in [0, 0.1) is 0 Å². The standard InChI is InChI=1S/C14H17F3N2/c15-14(16,17)10-5-4-6-11-12(10)18-9-13(19-11)7-2-1-3-8-13/h4-6,18-19H,1-3,7-9H2. The Hall–Kier alpha value is -1.39. The van der Waals surface area contributed by atoms with Gasteiger partial charge in [-0.15, -0.1) is 0 Å². The molecule has 19 heavy (non-hydrogen) atoms. The van der Waals surface area contributed by atoms with Crippen LogP contribution in [0.3, 0.4) is 0 Å². The van der Waals surface area contributed by atoms with Crippen molar-refractivity contribution in [2.75, 3.05) is 17.2 Å². The fourth-order valence-corrected chi connectivity index (χ4v) is 3.20. The first kappa shape index (κ1) is 12.6. The van der Waals surface area contributed by atoms with E-state index in [1.165, 1.54) is 12.5 Å². The Labute approximate surface area is 110 Å². The van der Waals surface area contributed by atoms with E-state index in [1.807, 2.05) is 0 Å². The largest absolute Gasteiger partial charge is 0.418 e. The molecule has 2 N–H and O–H groups in total. The van der Waals surface area contributed by atoms with Gasteiger partial charge in [-0.3, -0.25) is 0 Å². The van der Waals surface area contributed by atoms with Crippen LogP contribution in [0.2, 0.25) is 0 Å². The number of benzene rings is 1. The Morgan fingerprint density at radius 3 is 2.47 bits per heavy atom. The smallest absolute Gasteiger partial charge is 0.381 e. The zero-order chi connectivity index (χ0) is 13.5. The Balaban J connectivity index is 1.94. The quantitative estimate of drug-likeness (QED) is 0.736. The van der Waals surface area contributed by atoms with E-state index in [0.29, 0.717) is 12.2 Å². The molecular formula is C14H17F3N2. The summed E-state index contributed by atoms with van der Waals surface area (Å²) in [5, 5.41) is 6.38. The number of rotatable bonds is 0. The number of nitrogens with one attached hydrogen (secondary N) is 2. The summed E-state index contributed by atoms with van der Waals surface area (Å²) < 4.78 is 38.8. The van der Waals surface area contributed by atoms with Gasteiger partial charge in [-0.2, -0.15) is 13.2 Å². The van der Waals surface area contributed by atoms with Crippen LogP contribution >= 0.6 is 0 Å². The third-order valence-electron chi connectivity index (χ3n) is 4.18. The monoisotopic (exact) mass is 270 g/mol. The van der Waals surface area contributed by atoms with E-state index >= 15 is 0 Å². The van der Waals surface area contributed by atoms with E-state index in [9.17, 15) is 13.2 Å². The van der Waals surface area contributed by atoms with Crippen molar-refractivity contribution < 1.29 is 13.2 Å². The van der Waals surface area contributed by atoms with Crippen molar-refractivity contribution >= 4 is 11.4 Å². The van der Waals surface area contributed by atoms with Crippen LogP contribution in [0.1, 0.15) is 37.7 Å². The summed E-state index contributed by atoms with van der Waals surface area (Å²) >= 11 is 0. The van der Waals surface area contributed by atoms with Crippen LogP contribution in [0.25, 0.3) is 0 Å². The molecule has 104 valence electrons. The fraction of sp³-hybridized carbons (Fsp3) is 0.571. The maximum Gasteiger partial charge on any atom is 0.418 e. The van der Waals surface area contributed by atoms with Gasteiger partial charge in [-0.05, 0) is 25.0 Å². The minimum Gasteiger partial charge on any atom is -0.381 e. The fourth-order valence-electron chi connectivity index (χ4n) is 3.20. The molecule has 1 aromatic rings. The van der Waals surface area contributed by atoms with E-state index < -0.39 is 11.7 Å². The Morgan fingerprint density at radius 2 is 1.79 bits per heavy atom. The molecule has 2 aliphatic rings. The number of hydrogen-bond acceptors (Lipinski definition) is 2. The highest BCUT2D eigenvalue weighted by Gasteiger charge is 2.40. The van der Waals surface area contributed by atoms with E-state index in [0.717, 1.165) is 31.7 Å². The molecule has 0 atom stereocenters. The highest BCUT2D eigenvalue weighted by Crippen LogP contribution is 2.44. The first-order chi connectivity index (χ1) is 9.00. The van der Waals surface area contributed by atoms with E-state index in [2.05, 4.69) is 10.6 Å². The van der Waals surface area contributed by atoms with Crippen molar-refractivity contribution in [2.24, 2.45) is 0 Å². The molecule has 2 nitrogen and oxygen atoms in total. The van der Waals surface area contributed by atoms with Gasteiger partial charge in [0.05, 0.1) is 22.5 Å². The van der Waals surface area contributed by atoms with Gasteiger partial charge in [-0.25, -0.2) is 0 Å². The van der Waals surface area contributed by atoms with Gasteiger partial charge >= 0.3 is 6.18 Å². The maximum atomic E-state index is 12.9. The normalized spacial score (nSPS) is 21.4. The van der Waals surface area contributed by atoms with Crippen molar-refractivity contribution in [3.63, 3.8) is 0 Å². The van der Waals surface area contributed by atoms with Crippen LogP contribution < -0.4 is 10.6 Å². The molecule has 0 bridgehead atoms. The van der Waals surface area contributed by atoms with Gasteiger partial charge in [0.15, 0.2) is 0 Å². The maximum absolute atomic E-state index is 12.9. The summed E-state index contributed by atoms with van der Waals surface area (Å²) in [6, 6.07) is 4.33. The van der Waals surface area contributed by atoms with Crippen molar-refractivity contribution in [1.29, 1.82) is 0 Å². The molecule has 1 aromatic carbocycles. The topological polar surface area (TPSA) is 24.1 Å². The molecule has 1 saturated carbocycles.